The maximum Gasteiger partial charge on any atom is 0.350 e. The van der Waals surface area contributed by atoms with Crippen LogP contribution in [0.15, 0.2) is 71.7 Å². The van der Waals surface area contributed by atoms with Crippen molar-refractivity contribution in [2.75, 3.05) is 17.7 Å². The van der Waals surface area contributed by atoms with Gasteiger partial charge in [-0.2, -0.15) is 5.10 Å². The fraction of sp³-hybridized carbons (Fsp3) is 0.0833. The molecule has 170 valence electrons. The first kappa shape index (κ1) is 21.4. The van der Waals surface area contributed by atoms with E-state index >= 15 is 0 Å². The molecule has 0 saturated carbocycles. The van der Waals surface area contributed by atoms with Gasteiger partial charge < -0.3 is 20.8 Å². The molecule has 0 atom stereocenters. The lowest BCUT2D eigenvalue weighted by Crippen LogP contribution is -2.11. The van der Waals surface area contributed by atoms with E-state index in [0.29, 0.717) is 21.6 Å². The Morgan fingerprint density at radius 1 is 1.15 bits per heavy atom. The Kier molecular flexibility index (Phi) is 5.56. The average Bonchev–Trinajstić information content (AvgIpc) is 3.42. The zero-order chi connectivity index (χ0) is 23.7. The van der Waals surface area contributed by atoms with Gasteiger partial charge >= 0.3 is 5.97 Å². The molecule has 3 aromatic heterocycles. The molecule has 0 aliphatic carbocycles. The van der Waals surface area contributed by atoms with Crippen LogP contribution in [0, 0.1) is 0 Å². The van der Waals surface area contributed by atoms with Gasteiger partial charge in [-0.25, -0.2) is 14.5 Å². The van der Waals surface area contributed by atoms with Gasteiger partial charge in [-0.05, 0) is 31.2 Å². The van der Waals surface area contributed by atoms with E-state index in [1.165, 1.54) is 6.20 Å². The highest BCUT2D eigenvalue weighted by molar-refractivity contribution is 7.19. The van der Waals surface area contributed by atoms with Gasteiger partial charge in [-0.15, -0.1) is 11.3 Å². The highest BCUT2D eigenvalue weighted by Gasteiger charge is 2.26. The topological polar surface area (TPSA) is 128 Å². The first-order chi connectivity index (χ1) is 16.6. The summed E-state index contributed by atoms with van der Waals surface area (Å²) in [5.41, 5.74) is 8.57. The second kappa shape index (κ2) is 8.83. The van der Waals surface area contributed by atoms with Crippen LogP contribution in [0.1, 0.15) is 16.6 Å². The molecule has 9 nitrogen and oxygen atoms in total. The van der Waals surface area contributed by atoms with Crippen LogP contribution >= 0.6 is 11.3 Å². The number of H-pyrrole nitrogens is 1. The molecule has 0 aliphatic heterocycles. The Bertz CT molecular complexity index is 1540. The third-order valence-corrected chi connectivity index (χ3v) is 6.21. The minimum atomic E-state index is -0.537. The van der Waals surface area contributed by atoms with E-state index < -0.39 is 5.97 Å². The van der Waals surface area contributed by atoms with Crippen molar-refractivity contribution in [2.24, 2.45) is 0 Å². The summed E-state index contributed by atoms with van der Waals surface area (Å²) in [6, 6.07) is 18.8. The predicted molar refractivity (Wildman–Crippen MR) is 133 cm³/mol. The summed E-state index contributed by atoms with van der Waals surface area (Å²) >= 11 is 1.14. The van der Waals surface area contributed by atoms with Crippen molar-refractivity contribution in [3.8, 4) is 17.1 Å². The highest BCUT2D eigenvalue weighted by Crippen LogP contribution is 2.43. The van der Waals surface area contributed by atoms with E-state index in [-0.39, 0.29) is 28.6 Å². The molecule has 0 bridgehead atoms. The van der Waals surface area contributed by atoms with Gasteiger partial charge in [-0.3, -0.25) is 4.79 Å². The van der Waals surface area contributed by atoms with Crippen LogP contribution in [0.3, 0.4) is 0 Å². The highest BCUT2D eigenvalue weighted by atomic mass is 32.1. The summed E-state index contributed by atoms with van der Waals surface area (Å²) in [5, 5.41) is 8.52. The molecule has 10 heteroatoms. The maximum absolute atomic E-state index is 12.9. The molecule has 5 aromatic rings. The summed E-state index contributed by atoms with van der Waals surface area (Å²) in [6.45, 7) is 1.94. The quantitative estimate of drug-likeness (QED) is 0.314. The van der Waals surface area contributed by atoms with E-state index in [0.717, 1.165) is 22.7 Å². The monoisotopic (exact) mass is 472 g/mol. The van der Waals surface area contributed by atoms with Crippen LogP contribution in [0.2, 0.25) is 0 Å². The molecule has 0 spiro atoms. The lowest BCUT2D eigenvalue weighted by Gasteiger charge is -2.09. The number of aromatic nitrogens is 4. The zero-order valence-corrected chi connectivity index (χ0v) is 18.9. The Hall–Kier alpha value is -4.44. The van der Waals surface area contributed by atoms with E-state index in [1.807, 2.05) is 60.7 Å². The molecule has 0 radical (unpaired) electrons. The van der Waals surface area contributed by atoms with Crippen molar-refractivity contribution in [3.05, 3.63) is 82.1 Å². The van der Waals surface area contributed by atoms with Gasteiger partial charge in [0, 0.05) is 5.69 Å². The van der Waals surface area contributed by atoms with Gasteiger partial charge in [0.1, 0.15) is 21.1 Å². The van der Waals surface area contributed by atoms with Gasteiger partial charge in [-0.1, -0.05) is 36.4 Å². The molecule has 34 heavy (non-hydrogen) atoms. The molecule has 0 fully saturated rings. The first-order valence-electron chi connectivity index (χ1n) is 10.5. The van der Waals surface area contributed by atoms with Crippen molar-refractivity contribution in [2.45, 2.75) is 6.92 Å². The third kappa shape index (κ3) is 3.80. The van der Waals surface area contributed by atoms with Gasteiger partial charge in [0.05, 0.1) is 29.7 Å². The number of fused-ring (bicyclic) bond motifs is 1. The Balaban J connectivity index is 1.71. The fourth-order valence-corrected chi connectivity index (χ4v) is 4.60. The lowest BCUT2D eigenvalue weighted by atomic mass is 10.2. The number of anilines is 3. The SMILES string of the molecule is CCOC(=O)c1sc(Nc2ccccc2)c(-c2nc3c(cnn3-c3ccccc3)c(=O)[nH]2)c1N. The van der Waals surface area contributed by atoms with Crippen LogP contribution in [-0.2, 0) is 4.74 Å². The zero-order valence-electron chi connectivity index (χ0n) is 18.1. The smallest absolute Gasteiger partial charge is 0.350 e. The number of esters is 1. The number of carbonyl (C=O) groups excluding carboxylic acids is 1. The van der Waals surface area contributed by atoms with E-state index in [4.69, 9.17) is 15.5 Å². The number of hydrogen-bond acceptors (Lipinski definition) is 8. The number of ether oxygens (including phenoxy) is 1. The number of benzene rings is 2. The van der Waals surface area contributed by atoms with Crippen molar-refractivity contribution in [1.29, 1.82) is 0 Å². The molecule has 3 heterocycles. The molecular formula is C24H20N6O3S. The number of aromatic amines is 1. The molecule has 0 saturated heterocycles. The van der Waals surface area contributed by atoms with E-state index in [2.05, 4.69) is 15.4 Å². The van der Waals surface area contributed by atoms with Gasteiger partial charge in [0.15, 0.2) is 5.65 Å². The summed E-state index contributed by atoms with van der Waals surface area (Å²) in [5.74, 6) is -0.317. The van der Waals surface area contributed by atoms with Crippen LogP contribution in [0.25, 0.3) is 28.1 Å². The largest absolute Gasteiger partial charge is 0.462 e. The Morgan fingerprint density at radius 2 is 1.85 bits per heavy atom. The second-order valence-electron chi connectivity index (χ2n) is 7.30. The van der Waals surface area contributed by atoms with Crippen molar-refractivity contribution >= 4 is 44.7 Å². The van der Waals surface area contributed by atoms with Crippen LogP contribution in [0.4, 0.5) is 16.4 Å². The van der Waals surface area contributed by atoms with Crippen LogP contribution < -0.4 is 16.6 Å². The summed E-state index contributed by atoms with van der Waals surface area (Å²) < 4.78 is 6.77. The summed E-state index contributed by atoms with van der Waals surface area (Å²) in [4.78, 5) is 33.2. The number of nitrogens with two attached hydrogens (primary N) is 1. The number of nitrogens with zero attached hydrogens (tertiary/aromatic N) is 3. The molecule has 0 amide bonds. The lowest BCUT2D eigenvalue weighted by molar-refractivity contribution is 0.0533. The number of hydrogen-bond donors (Lipinski definition) is 3. The van der Waals surface area contributed by atoms with Crippen LogP contribution in [-0.4, -0.2) is 32.3 Å². The van der Waals surface area contributed by atoms with Gasteiger partial charge in [0.2, 0.25) is 0 Å². The predicted octanol–water partition coefficient (Wildman–Crippen LogP) is 4.34. The molecule has 4 N–H and O–H groups in total. The normalized spacial score (nSPS) is 11.0. The number of thiophene rings is 1. The van der Waals surface area contributed by atoms with Crippen molar-refractivity contribution in [1.82, 2.24) is 19.7 Å². The third-order valence-electron chi connectivity index (χ3n) is 5.11. The summed E-state index contributed by atoms with van der Waals surface area (Å²) in [7, 11) is 0. The number of para-hydroxylation sites is 2. The molecule has 0 aliphatic rings. The second-order valence-corrected chi connectivity index (χ2v) is 8.32. The maximum atomic E-state index is 12.9. The standard InChI is InChI=1S/C24H20N6O3S/c1-2-33-24(32)19-18(25)17(23(34-19)27-14-9-5-3-6-10-14)20-28-21-16(22(31)29-20)13-26-30(21)15-11-7-4-8-12-15/h3-13,27H,2,25H2,1H3,(H,28,29,31). The Labute approximate surface area is 197 Å². The Morgan fingerprint density at radius 3 is 2.56 bits per heavy atom. The molecular weight excluding hydrogens is 452 g/mol. The van der Waals surface area contributed by atoms with E-state index in [9.17, 15) is 9.59 Å². The van der Waals surface area contributed by atoms with Crippen LogP contribution in [0.5, 0.6) is 0 Å². The van der Waals surface area contributed by atoms with Crippen molar-refractivity contribution < 1.29 is 9.53 Å². The first-order valence-corrected chi connectivity index (χ1v) is 11.3. The number of nitrogens with one attached hydrogen (secondary N) is 2. The van der Waals surface area contributed by atoms with Gasteiger partial charge in [0.25, 0.3) is 5.56 Å². The molecule has 5 rings (SSSR count). The van der Waals surface area contributed by atoms with Crippen molar-refractivity contribution in [3.63, 3.8) is 0 Å². The average molecular weight is 473 g/mol. The minimum Gasteiger partial charge on any atom is -0.462 e. The molecule has 0 unspecified atom stereocenters. The fourth-order valence-electron chi connectivity index (χ4n) is 3.56. The minimum absolute atomic E-state index is 0.176. The molecule has 2 aromatic carbocycles. The summed E-state index contributed by atoms with van der Waals surface area (Å²) in [6.07, 6.45) is 1.47. The number of nitrogen functional groups attached to an aromatic ring is 1. The van der Waals surface area contributed by atoms with E-state index in [1.54, 1.807) is 11.6 Å². The number of carbonyl (C=O) groups is 1. The number of rotatable bonds is 6.